The molecule has 0 aromatic rings. The minimum absolute atomic E-state index is 1.06. The van der Waals surface area contributed by atoms with E-state index in [-0.39, 0.29) is 0 Å². The summed E-state index contributed by atoms with van der Waals surface area (Å²) in [5.41, 5.74) is 1.86. The quantitative estimate of drug-likeness (QED) is 0.509. The highest BCUT2D eigenvalue weighted by Gasteiger charge is 2.67. The number of rotatable bonds is 2. The fourth-order valence-corrected chi connectivity index (χ4v) is 3.30. The van der Waals surface area contributed by atoms with Crippen LogP contribution in [-0.4, -0.2) is 0 Å². The fourth-order valence-electron chi connectivity index (χ4n) is 3.30. The monoisotopic (exact) mass is 134 g/mol. The second-order valence-electron chi connectivity index (χ2n) is 4.10. The topological polar surface area (TPSA) is 0 Å². The van der Waals surface area contributed by atoms with Crippen molar-refractivity contribution in [1.82, 2.24) is 0 Å². The molecule has 4 unspecified atom stereocenters. The summed E-state index contributed by atoms with van der Waals surface area (Å²) >= 11 is 0. The molecule has 54 valence electrons. The lowest BCUT2D eigenvalue weighted by atomic mass is 9.76. The molecule has 0 aromatic carbocycles. The first kappa shape index (κ1) is 5.40. The zero-order valence-electron chi connectivity index (χ0n) is 6.51. The molecule has 0 aliphatic heterocycles. The van der Waals surface area contributed by atoms with Gasteiger partial charge in [0, 0.05) is 0 Å². The molecule has 4 atom stereocenters. The van der Waals surface area contributed by atoms with Crippen molar-refractivity contribution in [3.63, 3.8) is 0 Å². The normalized spacial score (nSPS) is 53.5. The van der Waals surface area contributed by atoms with Gasteiger partial charge in [-0.25, -0.2) is 0 Å². The predicted molar refractivity (Wildman–Crippen MR) is 41.6 cm³/mol. The van der Waals surface area contributed by atoms with Crippen LogP contribution in [0.25, 0.3) is 0 Å². The standard InChI is InChI=1S/C10H14/c1-2-3-6-7-4-5-8-9(6)10(7)8/h4,6,8-10H,2-3,5H2,1H3. The van der Waals surface area contributed by atoms with Crippen molar-refractivity contribution in [2.45, 2.75) is 26.2 Å². The zero-order valence-corrected chi connectivity index (χ0v) is 6.51. The predicted octanol–water partition coefficient (Wildman–Crippen LogP) is 2.61. The van der Waals surface area contributed by atoms with Gasteiger partial charge in [0.1, 0.15) is 0 Å². The number of allylic oxidation sites excluding steroid dienone is 2. The van der Waals surface area contributed by atoms with Crippen molar-refractivity contribution in [3.8, 4) is 0 Å². The molecule has 0 radical (unpaired) electrons. The first-order valence-corrected chi connectivity index (χ1v) is 4.63. The lowest BCUT2D eigenvalue weighted by molar-refractivity contribution is 0.367. The van der Waals surface area contributed by atoms with Gasteiger partial charge in [0.05, 0.1) is 0 Å². The van der Waals surface area contributed by atoms with E-state index in [0.717, 1.165) is 17.8 Å². The van der Waals surface area contributed by atoms with Gasteiger partial charge in [-0.1, -0.05) is 25.0 Å². The van der Waals surface area contributed by atoms with Gasteiger partial charge in [0.2, 0.25) is 0 Å². The fraction of sp³-hybridized carbons (Fsp3) is 0.800. The maximum absolute atomic E-state index is 2.52. The van der Waals surface area contributed by atoms with Gasteiger partial charge in [-0.15, -0.1) is 0 Å². The van der Waals surface area contributed by atoms with Crippen LogP contribution in [-0.2, 0) is 0 Å². The largest absolute Gasteiger partial charge is 0.0844 e. The van der Waals surface area contributed by atoms with Crippen LogP contribution in [0.15, 0.2) is 11.6 Å². The van der Waals surface area contributed by atoms with Crippen LogP contribution in [0, 0.1) is 23.7 Å². The molecule has 0 bridgehead atoms. The van der Waals surface area contributed by atoms with E-state index in [0.29, 0.717) is 0 Å². The molecule has 0 heterocycles. The van der Waals surface area contributed by atoms with Crippen LogP contribution in [0.5, 0.6) is 0 Å². The van der Waals surface area contributed by atoms with E-state index < -0.39 is 0 Å². The van der Waals surface area contributed by atoms with Crippen LogP contribution >= 0.6 is 0 Å². The molecule has 3 aliphatic carbocycles. The second kappa shape index (κ2) is 1.49. The Morgan fingerprint density at radius 3 is 3.00 bits per heavy atom. The molecular weight excluding hydrogens is 120 g/mol. The Balaban J connectivity index is 1.81. The molecule has 2 saturated carbocycles. The molecule has 2 fully saturated rings. The SMILES string of the molecule is CCCC1C2=CCC3C2C13. The Labute approximate surface area is 62.3 Å². The summed E-state index contributed by atoms with van der Waals surface area (Å²) in [6.07, 6.45) is 6.82. The molecule has 3 aliphatic rings. The molecule has 0 amide bonds. The molecule has 0 spiro atoms. The third kappa shape index (κ3) is 0.398. The highest BCUT2D eigenvalue weighted by Crippen LogP contribution is 2.74. The Hall–Kier alpha value is -0.260. The van der Waals surface area contributed by atoms with E-state index in [4.69, 9.17) is 0 Å². The Bertz CT molecular complexity index is 202. The average molecular weight is 134 g/mol. The number of hydrogen-bond acceptors (Lipinski definition) is 0. The van der Waals surface area contributed by atoms with Crippen molar-refractivity contribution in [2.75, 3.05) is 0 Å². The lowest BCUT2D eigenvalue weighted by Crippen LogP contribution is -2.20. The third-order valence-corrected chi connectivity index (χ3v) is 3.73. The van der Waals surface area contributed by atoms with Crippen LogP contribution in [0.4, 0.5) is 0 Å². The van der Waals surface area contributed by atoms with Crippen LogP contribution in [0.1, 0.15) is 26.2 Å². The summed E-state index contributed by atoms with van der Waals surface area (Å²) in [7, 11) is 0. The molecule has 0 saturated heterocycles. The van der Waals surface area contributed by atoms with Gasteiger partial charge in [-0.3, -0.25) is 0 Å². The molecule has 0 N–H and O–H groups in total. The summed E-state index contributed by atoms with van der Waals surface area (Å²) in [4.78, 5) is 0. The third-order valence-electron chi connectivity index (χ3n) is 3.73. The Morgan fingerprint density at radius 1 is 1.60 bits per heavy atom. The molecule has 0 heteroatoms. The average Bonchev–Trinajstić information content (AvgIpc) is 2.44. The number of fused-ring (bicyclic) bond motifs is 1. The van der Waals surface area contributed by atoms with E-state index in [1.807, 2.05) is 5.57 Å². The van der Waals surface area contributed by atoms with E-state index in [1.54, 1.807) is 0 Å². The van der Waals surface area contributed by atoms with Crippen molar-refractivity contribution in [2.24, 2.45) is 23.7 Å². The van der Waals surface area contributed by atoms with Gasteiger partial charge >= 0.3 is 0 Å². The lowest BCUT2D eigenvalue weighted by Gasteiger charge is -2.29. The molecule has 0 aromatic heterocycles. The first-order valence-electron chi connectivity index (χ1n) is 4.63. The van der Waals surface area contributed by atoms with E-state index in [9.17, 15) is 0 Å². The minimum Gasteiger partial charge on any atom is -0.0844 e. The Morgan fingerprint density at radius 2 is 2.50 bits per heavy atom. The molecule has 0 nitrogen and oxygen atoms in total. The highest BCUT2D eigenvalue weighted by molar-refractivity contribution is 5.41. The highest BCUT2D eigenvalue weighted by atomic mass is 14.7. The van der Waals surface area contributed by atoms with Gasteiger partial charge in [-0.2, -0.15) is 0 Å². The summed E-state index contributed by atoms with van der Waals surface area (Å²) in [6.45, 7) is 2.31. The first-order chi connectivity index (χ1) is 4.93. The zero-order chi connectivity index (χ0) is 6.72. The van der Waals surface area contributed by atoms with Crippen LogP contribution in [0.2, 0.25) is 0 Å². The summed E-state index contributed by atoms with van der Waals surface area (Å²) < 4.78 is 0. The van der Waals surface area contributed by atoms with Crippen molar-refractivity contribution < 1.29 is 0 Å². The van der Waals surface area contributed by atoms with E-state index >= 15 is 0 Å². The van der Waals surface area contributed by atoms with E-state index in [1.165, 1.54) is 25.2 Å². The second-order valence-corrected chi connectivity index (χ2v) is 4.10. The van der Waals surface area contributed by atoms with Crippen LogP contribution in [0.3, 0.4) is 0 Å². The van der Waals surface area contributed by atoms with Crippen molar-refractivity contribution in [3.05, 3.63) is 11.6 Å². The summed E-state index contributed by atoms with van der Waals surface area (Å²) in [5, 5.41) is 0. The summed E-state index contributed by atoms with van der Waals surface area (Å²) in [5.74, 6) is 4.51. The number of hydrogen-bond donors (Lipinski definition) is 0. The molecule has 10 heavy (non-hydrogen) atoms. The van der Waals surface area contributed by atoms with E-state index in [2.05, 4.69) is 13.0 Å². The molecule has 3 rings (SSSR count). The maximum atomic E-state index is 2.52. The van der Waals surface area contributed by atoms with Crippen molar-refractivity contribution >= 4 is 0 Å². The Kier molecular flexibility index (Phi) is 0.805. The van der Waals surface area contributed by atoms with Crippen LogP contribution < -0.4 is 0 Å². The van der Waals surface area contributed by atoms with Crippen molar-refractivity contribution in [1.29, 1.82) is 0 Å². The minimum atomic E-state index is 1.06. The van der Waals surface area contributed by atoms with Gasteiger partial charge in [0.25, 0.3) is 0 Å². The van der Waals surface area contributed by atoms with Gasteiger partial charge in [-0.05, 0) is 36.5 Å². The smallest absolute Gasteiger partial charge is 0.0129 e. The molecular formula is C10H14. The summed E-state index contributed by atoms with van der Waals surface area (Å²) in [6, 6.07) is 0. The van der Waals surface area contributed by atoms with Gasteiger partial charge in [0.15, 0.2) is 0 Å². The van der Waals surface area contributed by atoms with Gasteiger partial charge < -0.3 is 0 Å². The maximum Gasteiger partial charge on any atom is -0.0129 e.